The second-order valence-corrected chi connectivity index (χ2v) is 6.61. The largest absolute Gasteiger partial charge is 0.468 e. The molecule has 0 saturated heterocycles. The van der Waals surface area contributed by atoms with Gasteiger partial charge < -0.3 is 14.2 Å². The minimum Gasteiger partial charge on any atom is -0.468 e. The number of nitrogens with one attached hydrogen (secondary N) is 1. The summed E-state index contributed by atoms with van der Waals surface area (Å²) in [6.45, 7) is 4.20. The highest BCUT2D eigenvalue weighted by Crippen LogP contribution is 2.19. The lowest BCUT2D eigenvalue weighted by atomic mass is 10.1. The number of nitrogens with zero attached hydrogens (tertiary/aromatic N) is 1. The lowest BCUT2D eigenvalue weighted by Crippen LogP contribution is -2.34. The van der Waals surface area contributed by atoms with Gasteiger partial charge >= 0.3 is 0 Å². The fourth-order valence-corrected chi connectivity index (χ4v) is 2.82. The first-order valence-corrected chi connectivity index (χ1v) is 8.40. The van der Waals surface area contributed by atoms with Gasteiger partial charge in [0.2, 0.25) is 0 Å². The van der Waals surface area contributed by atoms with Crippen LogP contribution < -0.4 is 10.7 Å². The Morgan fingerprint density at radius 1 is 1.19 bits per heavy atom. The predicted octanol–water partition coefficient (Wildman–Crippen LogP) is 3.04. The Kier molecular flexibility index (Phi) is 4.95. The number of amides is 1. The van der Waals surface area contributed by atoms with E-state index in [1.165, 1.54) is 6.07 Å². The summed E-state index contributed by atoms with van der Waals surface area (Å²) in [4.78, 5) is 26.8. The van der Waals surface area contributed by atoms with Crippen LogP contribution in [0.2, 0.25) is 0 Å². The van der Waals surface area contributed by atoms with Crippen molar-refractivity contribution in [2.45, 2.75) is 19.9 Å². The van der Waals surface area contributed by atoms with Crippen LogP contribution in [0, 0.1) is 13.8 Å². The quantitative estimate of drug-likeness (QED) is 0.762. The number of carbonyl (C=O) groups excluding carboxylic acids is 1. The molecule has 0 bridgehead atoms. The Bertz CT molecular complexity index is 987. The third-order valence-corrected chi connectivity index (χ3v) is 4.52. The van der Waals surface area contributed by atoms with E-state index in [-0.39, 0.29) is 17.2 Å². The number of hydrogen-bond donors (Lipinski definition) is 1. The summed E-state index contributed by atoms with van der Waals surface area (Å²) in [6.07, 6.45) is 1.60. The summed E-state index contributed by atoms with van der Waals surface area (Å²) in [5.41, 5.74) is 2.20. The van der Waals surface area contributed by atoms with Gasteiger partial charge in [0.25, 0.3) is 5.91 Å². The van der Waals surface area contributed by atoms with Crippen molar-refractivity contribution in [3.63, 3.8) is 0 Å². The standard InChI is InChI=1S/C20H22N2O4/c1-12-8-14-16(23)10-19(26-18(14)9-13(12)2)20(24)21-11-15(22(3)4)17-6-5-7-25-17/h5-10,15H,11H2,1-4H3,(H,21,24). The normalized spacial score (nSPS) is 12.5. The highest BCUT2D eigenvalue weighted by Gasteiger charge is 2.20. The maximum absolute atomic E-state index is 12.5. The van der Waals surface area contributed by atoms with Gasteiger partial charge in [-0.05, 0) is 63.3 Å². The van der Waals surface area contributed by atoms with Gasteiger partial charge in [-0.3, -0.25) is 14.5 Å². The van der Waals surface area contributed by atoms with Crippen LogP contribution in [0.3, 0.4) is 0 Å². The number of benzene rings is 1. The summed E-state index contributed by atoms with van der Waals surface area (Å²) in [6, 6.07) is 8.36. The van der Waals surface area contributed by atoms with E-state index in [0.717, 1.165) is 16.9 Å². The molecule has 1 amide bonds. The predicted molar refractivity (Wildman–Crippen MR) is 99.4 cm³/mol. The third kappa shape index (κ3) is 3.55. The Morgan fingerprint density at radius 2 is 1.92 bits per heavy atom. The summed E-state index contributed by atoms with van der Waals surface area (Å²) in [5, 5.41) is 3.29. The molecule has 0 radical (unpaired) electrons. The van der Waals surface area contributed by atoms with Crippen LogP contribution in [0.15, 0.2) is 50.2 Å². The zero-order valence-electron chi connectivity index (χ0n) is 15.3. The molecule has 3 rings (SSSR count). The van der Waals surface area contributed by atoms with E-state index in [9.17, 15) is 9.59 Å². The molecule has 0 saturated carbocycles. The van der Waals surface area contributed by atoms with Gasteiger partial charge in [-0.15, -0.1) is 0 Å². The molecule has 0 fully saturated rings. The van der Waals surface area contributed by atoms with Crippen molar-refractivity contribution < 1.29 is 13.6 Å². The molecule has 6 heteroatoms. The van der Waals surface area contributed by atoms with E-state index in [1.54, 1.807) is 24.5 Å². The molecule has 3 aromatic rings. The Morgan fingerprint density at radius 3 is 2.58 bits per heavy atom. The van der Waals surface area contributed by atoms with Crippen molar-refractivity contribution in [3.05, 3.63) is 69.5 Å². The van der Waals surface area contributed by atoms with Gasteiger partial charge in [0.15, 0.2) is 11.2 Å². The second kappa shape index (κ2) is 7.17. The first-order valence-electron chi connectivity index (χ1n) is 8.40. The average Bonchev–Trinajstić information content (AvgIpc) is 3.10. The third-order valence-electron chi connectivity index (χ3n) is 4.52. The molecule has 1 unspecified atom stereocenters. The smallest absolute Gasteiger partial charge is 0.287 e. The maximum Gasteiger partial charge on any atom is 0.287 e. The van der Waals surface area contributed by atoms with Gasteiger partial charge in [0.1, 0.15) is 11.3 Å². The topological polar surface area (TPSA) is 75.7 Å². The first kappa shape index (κ1) is 17.9. The van der Waals surface area contributed by atoms with E-state index in [1.807, 2.05) is 38.9 Å². The van der Waals surface area contributed by atoms with Gasteiger partial charge in [-0.2, -0.15) is 0 Å². The van der Waals surface area contributed by atoms with Crippen molar-refractivity contribution >= 4 is 16.9 Å². The summed E-state index contributed by atoms with van der Waals surface area (Å²) in [5.74, 6) is 0.324. The molecule has 0 aliphatic carbocycles. The first-order chi connectivity index (χ1) is 12.4. The van der Waals surface area contributed by atoms with E-state index < -0.39 is 5.91 Å². The minimum atomic E-state index is -0.430. The van der Waals surface area contributed by atoms with Crippen molar-refractivity contribution in [2.75, 3.05) is 20.6 Å². The van der Waals surface area contributed by atoms with E-state index >= 15 is 0 Å². The molecule has 0 spiro atoms. The molecule has 136 valence electrons. The number of carbonyl (C=O) groups is 1. The van der Waals surface area contributed by atoms with Crippen LogP contribution in [0.4, 0.5) is 0 Å². The van der Waals surface area contributed by atoms with Crippen molar-refractivity contribution in [2.24, 2.45) is 0 Å². The number of likely N-dealkylation sites (N-methyl/N-ethyl adjacent to an activating group) is 1. The molecule has 1 aromatic carbocycles. The maximum atomic E-state index is 12.5. The average molecular weight is 354 g/mol. The lowest BCUT2D eigenvalue weighted by molar-refractivity contribution is 0.0912. The molecule has 1 N–H and O–H groups in total. The van der Waals surface area contributed by atoms with Crippen LogP contribution in [0.1, 0.15) is 33.5 Å². The van der Waals surface area contributed by atoms with Crippen LogP contribution in [-0.2, 0) is 0 Å². The summed E-state index contributed by atoms with van der Waals surface area (Å²) >= 11 is 0. The molecular formula is C20H22N2O4. The highest BCUT2D eigenvalue weighted by atomic mass is 16.3. The molecule has 26 heavy (non-hydrogen) atoms. The molecular weight excluding hydrogens is 332 g/mol. The Hall–Kier alpha value is -2.86. The number of rotatable bonds is 5. The van der Waals surface area contributed by atoms with E-state index in [4.69, 9.17) is 8.83 Å². The van der Waals surface area contributed by atoms with E-state index in [0.29, 0.717) is 17.5 Å². The molecule has 1 atom stereocenters. The summed E-state index contributed by atoms with van der Waals surface area (Å²) < 4.78 is 11.1. The number of furan rings is 1. The fourth-order valence-electron chi connectivity index (χ4n) is 2.82. The van der Waals surface area contributed by atoms with Crippen molar-refractivity contribution in [3.8, 4) is 0 Å². The Labute approximate surface area is 151 Å². The minimum absolute atomic E-state index is 0.00250. The van der Waals surface area contributed by atoms with Gasteiger partial charge in [-0.1, -0.05) is 0 Å². The number of aryl methyl sites for hydroxylation is 2. The fraction of sp³-hybridized carbons (Fsp3) is 0.300. The lowest BCUT2D eigenvalue weighted by Gasteiger charge is -2.22. The molecule has 2 heterocycles. The number of hydrogen-bond acceptors (Lipinski definition) is 5. The zero-order valence-corrected chi connectivity index (χ0v) is 15.3. The monoisotopic (exact) mass is 354 g/mol. The molecule has 0 aliphatic rings. The van der Waals surface area contributed by atoms with Crippen LogP contribution in [0.5, 0.6) is 0 Å². The molecule has 6 nitrogen and oxygen atoms in total. The van der Waals surface area contributed by atoms with Gasteiger partial charge in [-0.25, -0.2) is 0 Å². The van der Waals surface area contributed by atoms with E-state index in [2.05, 4.69) is 5.32 Å². The van der Waals surface area contributed by atoms with Crippen LogP contribution in [0.25, 0.3) is 11.0 Å². The van der Waals surface area contributed by atoms with Crippen molar-refractivity contribution in [1.82, 2.24) is 10.2 Å². The highest BCUT2D eigenvalue weighted by molar-refractivity contribution is 5.93. The molecule has 2 aromatic heterocycles. The van der Waals surface area contributed by atoms with Crippen LogP contribution >= 0.6 is 0 Å². The molecule has 0 aliphatic heterocycles. The Balaban J connectivity index is 1.83. The zero-order chi connectivity index (χ0) is 18.8. The van der Waals surface area contributed by atoms with Crippen molar-refractivity contribution in [1.29, 1.82) is 0 Å². The van der Waals surface area contributed by atoms with Gasteiger partial charge in [0, 0.05) is 12.6 Å². The summed E-state index contributed by atoms with van der Waals surface area (Å²) in [7, 11) is 3.81. The SMILES string of the molecule is Cc1cc2oc(C(=O)NCC(c3ccco3)N(C)C)cc(=O)c2cc1C. The second-order valence-electron chi connectivity index (χ2n) is 6.61. The van der Waals surface area contributed by atoms with Gasteiger partial charge in [0.05, 0.1) is 17.7 Å². The number of fused-ring (bicyclic) bond motifs is 1. The van der Waals surface area contributed by atoms with Crippen LogP contribution in [-0.4, -0.2) is 31.4 Å².